The molecule has 2 aromatic carbocycles. The molecule has 0 radical (unpaired) electrons. The van der Waals surface area contributed by atoms with Crippen molar-refractivity contribution < 1.29 is 4.74 Å². The van der Waals surface area contributed by atoms with Crippen LogP contribution >= 0.6 is 0 Å². The Kier molecular flexibility index (Phi) is 4.04. The van der Waals surface area contributed by atoms with Gasteiger partial charge in [0.05, 0.1) is 11.6 Å². The number of nitriles is 1. The normalized spacial score (nSPS) is 11.0. The molecule has 0 saturated heterocycles. The summed E-state index contributed by atoms with van der Waals surface area (Å²) in [5, 5.41) is 9.00. The van der Waals surface area contributed by atoms with Crippen molar-refractivity contribution in [1.29, 1.82) is 5.26 Å². The highest BCUT2D eigenvalue weighted by atomic mass is 16.5. The Morgan fingerprint density at radius 1 is 1.00 bits per heavy atom. The van der Waals surface area contributed by atoms with Crippen molar-refractivity contribution in [1.82, 2.24) is 0 Å². The third kappa shape index (κ3) is 3.44. The number of aryl methyl sites for hydroxylation is 2. The second-order valence-corrected chi connectivity index (χ2v) is 6.44. The van der Waals surface area contributed by atoms with Crippen LogP contribution in [0.2, 0.25) is 0 Å². The lowest BCUT2D eigenvalue weighted by atomic mass is 9.86. The number of hydrogen-bond donors (Lipinski definition) is 0. The van der Waals surface area contributed by atoms with E-state index in [4.69, 9.17) is 10.00 Å². The molecule has 0 bridgehead atoms. The molecule has 0 aliphatic heterocycles. The quantitative estimate of drug-likeness (QED) is 0.750. The van der Waals surface area contributed by atoms with Crippen LogP contribution in [0.4, 0.5) is 0 Å². The molecular formula is C19H21NO. The minimum Gasteiger partial charge on any atom is -0.457 e. The lowest BCUT2D eigenvalue weighted by Gasteiger charge is -2.23. The van der Waals surface area contributed by atoms with Crippen LogP contribution in [-0.4, -0.2) is 0 Å². The summed E-state index contributed by atoms with van der Waals surface area (Å²) >= 11 is 0. The average molecular weight is 279 g/mol. The maximum atomic E-state index is 9.00. The fourth-order valence-electron chi connectivity index (χ4n) is 2.29. The second-order valence-electron chi connectivity index (χ2n) is 6.44. The first-order valence-corrected chi connectivity index (χ1v) is 7.11. The van der Waals surface area contributed by atoms with Gasteiger partial charge in [0, 0.05) is 5.56 Å². The van der Waals surface area contributed by atoms with Crippen LogP contribution in [0.25, 0.3) is 0 Å². The van der Waals surface area contributed by atoms with Gasteiger partial charge in [-0.05, 0) is 54.7 Å². The van der Waals surface area contributed by atoms with Gasteiger partial charge in [-0.3, -0.25) is 0 Å². The Bertz CT molecular complexity index is 702. The van der Waals surface area contributed by atoms with Crippen LogP contribution in [0.5, 0.6) is 11.5 Å². The predicted molar refractivity (Wildman–Crippen MR) is 85.8 cm³/mol. The zero-order valence-corrected chi connectivity index (χ0v) is 13.3. The van der Waals surface area contributed by atoms with E-state index in [1.165, 1.54) is 11.1 Å². The highest BCUT2D eigenvalue weighted by Crippen LogP contribution is 2.35. The Hall–Kier alpha value is -2.27. The molecule has 2 rings (SSSR count). The molecule has 0 heterocycles. The van der Waals surface area contributed by atoms with Crippen molar-refractivity contribution in [2.24, 2.45) is 0 Å². The van der Waals surface area contributed by atoms with E-state index >= 15 is 0 Å². The molecule has 2 heteroatoms. The zero-order valence-electron chi connectivity index (χ0n) is 13.3. The second kappa shape index (κ2) is 5.61. The van der Waals surface area contributed by atoms with Crippen molar-refractivity contribution in [2.45, 2.75) is 40.0 Å². The maximum Gasteiger partial charge on any atom is 0.131 e. The first-order valence-electron chi connectivity index (χ1n) is 7.11. The van der Waals surface area contributed by atoms with Crippen LogP contribution in [0.1, 0.15) is 43.0 Å². The summed E-state index contributed by atoms with van der Waals surface area (Å²) in [5.41, 5.74) is 3.98. The highest BCUT2D eigenvalue weighted by molar-refractivity contribution is 5.47. The number of rotatable bonds is 2. The standard InChI is InChI=1S/C19H21NO/c1-13-6-9-17(19(3,4)5)18(10-13)21-16-8-7-15(12-20)14(2)11-16/h6-11H,1-5H3. The highest BCUT2D eigenvalue weighted by Gasteiger charge is 2.19. The Morgan fingerprint density at radius 3 is 2.29 bits per heavy atom. The van der Waals surface area contributed by atoms with Gasteiger partial charge in [0.15, 0.2) is 0 Å². The van der Waals surface area contributed by atoms with Crippen LogP contribution in [-0.2, 0) is 5.41 Å². The maximum absolute atomic E-state index is 9.00. The van der Waals surface area contributed by atoms with Crippen molar-refractivity contribution in [3.05, 3.63) is 58.7 Å². The lowest BCUT2D eigenvalue weighted by Crippen LogP contribution is -2.12. The molecule has 0 N–H and O–H groups in total. The van der Waals surface area contributed by atoms with Gasteiger partial charge in [0.1, 0.15) is 11.5 Å². The van der Waals surface area contributed by atoms with Crippen molar-refractivity contribution in [3.8, 4) is 17.6 Å². The molecular weight excluding hydrogens is 258 g/mol. The molecule has 0 atom stereocenters. The van der Waals surface area contributed by atoms with Gasteiger partial charge in [-0.25, -0.2) is 0 Å². The SMILES string of the molecule is Cc1ccc(C(C)(C)C)c(Oc2ccc(C#N)c(C)c2)c1. The molecule has 0 saturated carbocycles. The fraction of sp³-hybridized carbons (Fsp3) is 0.316. The van der Waals surface area contributed by atoms with Crippen molar-refractivity contribution >= 4 is 0 Å². The van der Waals surface area contributed by atoms with Gasteiger partial charge in [-0.2, -0.15) is 5.26 Å². The topological polar surface area (TPSA) is 33.0 Å². The van der Waals surface area contributed by atoms with Crippen LogP contribution < -0.4 is 4.74 Å². The predicted octanol–water partition coefficient (Wildman–Crippen LogP) is 5.26. The number of hydrogen-bond acceptors (Lipinski definition) is 2. The molecule has 0 aromatic heterocycles. The summed E-state index contributed by atoms with van der Waals surface area (Å²) in [6.07, 6.45) is 0. The summed E-state index contributed by atoms with van der Waals surface area (Å²) in [7, 11) is 0. The van der Waals surface area contributed by atoms with E-state index in [0.717, 1.165) is 17.1 Å². The third-order valence-electron chi connectivity index (χ3n) is 3.49. The number of nitrogens with zero attached hydrogens (tertiary/aromatic N) is 1. The van der Waals surface area contributed by atoms with Gasteiger partial charge in [0.25, 0.3) is 0 Å². The Labute approximate surface area is 127 Å². The molecule has 0 spiro atoms. The van der Waals surface area contributed by atoms with Gasteiger partial charge in [-0.1, -0.05) is 32.9 Å². The first-order chi connectivity index (χ1) is 9.81. The molecule has 0 unspecified atom stereocenters. The van der Waals surface area contributed by atoms with Crippen LogP contribution in [0.15, 0.2) is 36.4 Å². The van der Waals surface area contributed by atoms with E-state index in [0.29, 0.717) is 5.56 Å². The van der Waals surface area contributed by atoms with Gasteiger partial charge < -0.3 is 4.74 Å². The smallest absolute Gasteiger partial charge is 0.131 e. The molecule has 2 aromatic rings. The molecule has 108 valence electrons. The average Bonchev–Trinajstić information content (AvgIpc) is 2.37. The Balaban J connectivity index is 2.42. The molecule has 0 aliphatic carbocycles. The van der Waals surface area contributed by atoms with Crippen LogP contribution in [0, 0.1) is 25.2 Å². The minimum absolute atomic E-state index is 0.0185. The third-order valence-corrected chi connectivity index (χ3v) is 3.49. The van der Waals surface area contributed by atoms with E-state index < -0.39 is 0 Å². The molecule has 0 amide bonds. The Morgan fingerprint density at radius 2 is 1.71 bits per heavy atom. The summed E-state index contributed by atoms with van der Waals surface area (Å²) < 4.78 is 6.09. The summed E-state index contributed by atoms with van der Waals surface area (Å²) in [5.74, 6) is 1.65. The minimum atomic E-state index is 0.0185. The van der Waals surface area contributed by atoms with E-state index in [9.17, 15) is 0 Å². The van der Waals surface area contributed by atoms with E-state index in [2.05, 4.69) is 52.0 Å². The van der Waals surface area contributed by atoms with Crippen LogP contribution in [0.3, 0.4) is 0 Å². The molecule has 0 fully saturated rings. The van der Waals surface area contributed by atoms with Gasteiger partial charge >= 0.3 is 0 Å². The number of ether oxygens (including phenoxy) is 1. The van der Waals surface area contributed by atoms with E-state index in [-0.39, 0.29) is 5.41 Å². The lowest BCUT2D eigenvalue weighted by molar-refractivity contribution is 0.454. The zero-order chi connectivity index (χ0) is 15.6. The molecule has 0 aliphatic rings. The molecule has 21 heavy (non-hydrogen) atoms. The number of benzene rings is 2. The van der Waals surface area contributed by atoms with Gasteiger partial charge in [-0.15, -0.1) is 0 Å². The fourth-order valence-corrected chi connectivity index (χ4v) is 2.29. The summed E-state index contributed by atoms with van der Waals surface area (Å²) in [4.78, 5) is 0. The van der Waals surface area contributed by atoms with Crippen molar-refractivity contribution in [3.63, 3.8) is 0 Å². The monoisotopic (exact) mass is 279 g/mol. The van der Waals surface area contributed by atoms with Gasteiger partial charge in [0.2, 0.25) is 0 Å². The van der Waals surface area contributed by atoms with E-state index in [1.54, 1.807) is 6.07 Å². The summed E-state index contributed by atoms with van der Waals surface area (Å²) in [6, 6.07) is 14.0. The molecule has 2 nitrogen and oxygen atoms in total. The largest absolute Gasteiger partial charge is 0.457 e. The van der Waals surface area contributed by atoms with Crippen molar-refractivity contribution in [2.75, 3.05) is 0 Å². The first kappa shape index (κ1) is 15.1. The van der Waals surface area contributed by atoms with E-state index in [1.807, 2.05) is 19.1 Å². The summed E-state index contributed by atoms with van der Waals surface area (Å²) in [6.45, 7) is 10.5.